The minimum absolute atomic E-state index is 0.0818. The molecule has 0 atom stereocenters. The molecular formula is C16H22N6O3S2. The number of nitrogens with one attached hydrogen (secondary N) is 1. The molecule has 0 aliphatic carbocycles. The number of benzene rings is 1. The molecular weight excluding hydrogens is 388 g/mol. The molecule has 1 amide bonds. The molecule has 1 aliphatic heterocycles. The van der Waals surface area contributed by atoms with Gasteiger partial charge in [0, 0.05) is 18.8 Å². The Morgan fingerprint density at radius 3 is 2.70 bits per heavy atom. The summed E-state index contributed by atoms with van der Waals surface area (Å²) in [4.78, 5) is 12.4. The molecule has 1 aromatic heterocycles. The molecule has 1 saturated heterocycles. The predicted molar refractivity (Wildman–Crippen MR) is 103 cm³/mol. The van der Waals surface area contributed by atoms with E-state index in [9.17, 15) is 13.2 Å². The Morgan fingerprint density at radius 2 is 2.04 bits per heavy atom. The van der Waals surface area contributed by atoms with Gasteiger partial charge in [0.05, 0.1) is 10.6 Å². The van der Waals surface area contributed by atoms with Crippen LogP contribution in [0.15, 0.2) is 34.6 Å². The number of aromatic nitrogens is 3. The summed E-state index contributed by atoms with van der Waals surface area (Å²) in [5.74, 6) is 5.41. The average molecular weight is 411 g/mol. The fraction of sp³-hybridized carbons (Fsp3) is 0.438. The fourth-order valence-corrected chi connectivity index (χ4v) is 4.98. The molecule has 146 valence electrons. The van der Waals surface area contributed by atoms with Gasteiger partial charge in [0.25, 0.3) is 0 Å². The summed E-state index contributed by atoms with van der Waals surface area (Å²) >= 11 is 1.15. The normalized spacial score (nSPS) is 15.6. The number of hydrogen-bond donors (Lipinski definition) is 2. The van der Waals surface area contributed by atoms with E-state index in [0.717, 1.165) is 36.6 Å². The van der Waals surface area contributed by atoms with Gasteiger partial charge in [0.2, 0.25) is 21.1 Å². The second kappa shape index (κ2) is 8.28. The molecule has 1 aromatic carbocycles. The summed E-state index contributed by atoms with van der Waals surface area (Å²) in [6.45, 7) is 2.89. The highest BCUT2D eigenvalue weighted by Crippen LogP contribution is 2.25. The minimum atomic E-state index is -3.55. The number of amides is 1. The maximum absolute atomic E-state index is 12.8. The molecule has 3 rings (SSSR count). The minimum Gasteiger partial charge on any atom is -0.336 e. The summed E-state index contributed by atoms with van der Waals surface area (Å²) < 4.78 is 28.4. The Balaban J connectivity index is 1.71. The molecule has 0 radical (unpaired) electrons. The van der Waals surface area contributed by atoms with Crippen molar-refractivity contribution in [2.45, 2.75) is 36.2 Å². The van der Waals surface area contributed by atoms with Crippen molar-refractivity contribution in [1.82, 2.24) is 19.2 Å². The molecule has 1 fully saturated rings. The van der Waals surface area contributed by atoms with Crippen molar-refractivity contribution in [3.05, 3.63) is 30.1 Å². The lowest BCUT2D eigenvalue weighted by atomic mass is 10.2. The highest BCUT2D eigenvalue weighted by atomic mass is 32.2. The van der Waals surface area contributed by atoms with Gasteiger partial charge in [-0.2, -0.15) is 4.31 Å². The van der Waals surface area contributed by atoms with Crippen LogP contribution >= 0.6 is 11.8 Å². The summed E-state index contributed by atoms with van der Waals surface area (Å²) in [5.41, 5.74) is 1.26. The lowest BCUT2D eigenvalue weighted by molar-refractivity contribution is -0.113. The fourth-order valence-electron chi connectivity index (χ4n) is 2.80. The van der Waals surface area contributed by atoms with Gasteiger partial charge >= 0.3 is 0 Å². The summed E-state index contributed by atoms with van der Waals surface area (Å²) in [6, 6.07) is 4.81. The van der Waals surface area contributed by atoms with Crippen LogP contribution in [0.2, 0.25) is 0 Å². The van der Waals surface area contributed by atoms with Crippen molar-refractivity contribution < 1.29 is 13.2 Å². The monoisotopic (exact) mass is 410 g/mol. The third kappa shape index (κ3) is 4.60. The van der Waals surface area contributed by atoms with Crippen LogP contribution in [0.5, 0.6) is 0 Å². The van der Waals surface area contributed by atoms with E-state index in [1.165, 1.54) is 21.4 Å². The van der Waals surface area contributed by atoms with E-state index in [2.05, 4.69) is 15.5 Å². The third-order valence-corrected chi connectivity index (χ3v) is 7.16. The number of nitrogens with zero attached hydrogens (tertiary/aromatic N) is 4. The summed E-state index contributed by atoms with van der Waals surface area (Å²) in [6.07, 6.45) is 4.14. The van der Waals surface area contributed by atoms with Gasteiger partial charge < -0.3 is 11.2 Å². The molecule has 0 saturated carbocycles. The largest absolute Gasteiger partial charge is 0.336 e. The number of thioether (sulfide) groups is 1. The first-order valence-corrected chi connectivity index (χ1v) is 11.0. The van der Waals surface area contributed by atoms with Gasteiger partial charge in [0.15, 0.2) is 0 Å². The molecule has 0 unspecified atom stereocenters. The zero-order valence-corrected chi connectivity index (χ0v) is 16.6. The van der Waals surface area contributed by atoms with Crippen molar-refractivity contribution >= 4 is 33.4 Å². The Kier molecular flexibility index (Phi) is 6.02. The van der Waals surface area contributed by atoms with E-state index in [0.29, 0.717) is 23.9 Å². The van der Waals surface area contributed by atoms with Crippen LogP contribution in [0.3, 0.4) is 0 Å². The molecule has 27 heavy (non-hydrogen) atoms. The van der Waals surface area contributed by atoms with Gasteiger partial charge in [-0.1, -0.05) is 24.2 Å². The number of anilines is 1. The number of sulfonamides is 1. The van der Waals surface area contributed by atoms with E-state index in [-0.39, 0.29) is 16.6 Å². The second-order valence-corrected chi connectivity index (χ2v) is 9.18. The van der Waals surface area contributed by atoms with Crippen molar-refractivity contribution in [3.8, 4) is 0 Å². The SMILES string of the molecule is Cc1ccc(S(=O)(=O)N2CCCCC2)cc1NC(=O)CSc1nncn1N. The van der Waals surface area contributed by atoms with Crippen molar-refractivity contribution in [3.63, 3.8) is 0 Å². The van der Waals surface area contributed by atoms with Crippen molar-refractivity contribution in [2.75, 3.05) is 30.0 Å². The van der Waals surface area contributed by atoms with E-state index >= 15 is 0 Å². The smallest absolute Gasteiger partial charge is 0.243 e. The van der Waals surface area contributed by atoms with Gasteiger partial charge in [-0.25, -0.2) is 13.1 Å². The van der Waals surface area contributed by atoms with Crippen LogP contribution in [-0.4, -0.2) is 52.3 Å². The second-order valence-electron chi connectivity index (χ2n) is 6.30. The van der Waals surface area contributed by atoms with E-state index in [1.807, 2.05) is 6.92 Å². The lowest BCUT2D eigenvalue weighted by Crippen LogP contribution is -2.35. The number of piperidine rings is 1. The number of nitrogens with two attached hydrogens (primary N) is 1. The zero-order chi connectivity index (χ0) is 19.4. The van der Waals surface area contributed by atoms with Crippen molar-refractivity contribution in [2.24, 2.45) is 0 Å². The molecule has 1 aliphatic rings. The highest BCUT2D eigenvalue weighted by Gasteiger charge is 2.26. The number of rotatable bonds is 6. The Bertz CT molecular complexity index is 922. The van der Waals surface area contributed by atoms with E-state index in [4.69, 9.17) is 5.84 Å². The number of carbonyl (C=O) groups is 1. The molecule has 2 aromatic rings. The maximum Gasteiger partial charge on any atom is 0.243 e. The van der Waals surface area contributed by atoms with Crippen LogP contribution in [0, 0.1) is 6.92 Å². The zero-order valence-electron chi connectivity index (χ0n) is 15.0. The van der Waals surface area contributed by atoms with Gasteiger partial charge in [-0.15, -0.1) is 10.2 Å². The molecule has 9 nitrogen and oxygen atoms in total. The van der Waals surface area contributed by atoms with Gasteiger partial charge in [-0.05, 0) is 37.5 Å². The molecule has 0 bridgehead atoms. The topological polar surface area (TPSA) is 123 Å². The van der Waals surface area contributed by atoms with Crippen LogP contribution in [0.4, 0.5) is 5.69 Å². The Labute approximate surface area is 162 Å². The predicted octanol–water partition coefficient (Wildman–Crippen LogP) is 1.21. The quantitative estimate of drug-likeness (QED) is 0.542. The summed E-state index contributed by atoms with van der Waals surface area (Å²) in [7, 11) is -3.55. The molecule has 3 N–H and O–H groups in total. The standard InChI is InChI=1S/C16H22N6O3S2/c1-12-5-6-13(27(24,25)21-7-3-2-4-8-21)9-14(12)19-15(23)10-26-16-20-18-11-22(16)17/h5-6,9,11H,2-4,7-8,10,17H2,1H3,(H,19,23). The van der Waals surface area contributed by atoms with Crippen molar-refractivity contribution in [1.29, 1.82) is 0 Å². The first-order valence-electron chi connectivity index (χ1n) is 8.56. The third-order valence-electron chi connectivity index (χ3n) is 4.31. The highest BCUT2D eigenvalue weighted by molar-refractivity contribution is 7.99. The van der Waals surface area contributed by atoms with Crippen LogP contribution < -0.4 is 11.2 Å². The Hall–Kier alpha value is -2.11. The average Bonchev–Trinajstić information content (AvgIpc) is 3.07. The first kappa shape index (κ1) is 19.6. The van der Waals surface area contributed by atoms with Gasteiger partial charge in [0.1, 0.15) is 6.33 Å². The summed E-state index contributed by atoms with van der Waals surface area (Å²) in [5, 5.41) is 10.6. The number of nitrogen functional groups attached to an aromatic ring is 1. The van der Waals surface area contributed by atoms with Gasteiger partial charge in [-0.3, -0.25) is 4.79 Å². The lowest BCUT2D eigenvalue weighted by Gasteiger charge is -2.26. The van der Waals surface area contributed by atoms with Crippen LogP contribution in [0.25, 0.3) is 0 Å². The number of hydrogen-bond acceptors (Lipinski definition) is 7. The molecule has 11 heteroatoms. The van der Waals surface area contributed by atoms with E-state index in [1.54, 1.807) is 12.1 Å². The van der Waals surface area contributed by atoms with Crippen LogP contribution in [-0.2, 0) is 14.8 Å². The number of carbonyl (C=O) groups excluding carboxylic acids is 1. The van der Waals surface area contributed by atoms with Crippen LogP contribution in [0.1, 0.15) is 24.8 Å². The first-order chi connectivity index (χ1) is 12.9. The molecule has 2 heterocycles. The van der Waals surface area contributed by atoms with E-state index < -0.39 is 10.0 Å². The maximum atomic E-state index is 12.8. The molecule has 0 spiro atoms. The Morgan fingerprint density at radius 1 is 1.30 bits per heavy atom. The number of aryl methyl sites for hydroxylation is 1.